The Labute approximate surface area is 203 Å². The lowest BCUT2D eigenvalue weighted by atomic mass is 9.74. The predicted molar refractivity (Wildman–Crippen MR) is 129 cm³/mol. The average Bonchev–Trinajstić information content (AvgIpc) is 2.76. The Balaban J connectivity index is 4.54. The van der Waals surface area contributed by atoms with Crippen LogP contribution in [0.3, 0.4) is 0 Å². The van der Waals surface area contributed by atoms with Gasteiger partial charge in [-0.15, -0.1) is 0 Å². The molecule has 0 aliphatic rings. The highest BCUT2D eigenvalue weighted by molar-refractivity contribution is 5.87. The maximum atomic E-state index is 12.2. The van der Waals surface area contributed by atoms with E-state index >= 15 is 0 Å². The van der Waals surface area contributed by atoms with Gasteiger partial charge in [-0.1, -0.05) is 51.7 Å². The van der Waals surface area contributed by atoms with Crippen molar-refractivity contribution >= 4 is 23.9 Å². The molecule has 0 aromatic heterocycles. The summed E-state index contributed by atoms with van der Waals surface area (Å²) in [5.74, 6) is -2.61. The molecule has 0 saturated carbocycles. The average molecular weight is 483 g/mol. The van der Waals surface area contributed by atoms with Crippen molar-refractivity contribution < 1.29 is 38.9 Å². The summed E-state index contributed by atoms with van der Waals surface area (Å²) in [4.78, 5) is 45.9. The number of carbonyl (C=O) groups is 4. The van der Waals surface area contributed by atoms with Crippen LogP contribution in [0.15, 0.2) is 24.3 Å². The molecule has 0 rings (SSSR count). The van der Waals surface area contributed by atoms with Crippen molar-refractivity contribution in [1.29, 1.82) is 0 Å². The molecule has 0 atom stereocenters. The summed E-state index contributed by atoms with van der Waals surface area (Å²) in [5, 5.41) is 19.0. The molecule has 0 aromatic carbocycles. The molecule has 194 valence electrons. The fourth-order valence-corrected chi connectivity index (χ4v) is 3.69. The standard InChI is InChI=1S/C26H42O8/c1-20(2)23(29)33-18-11-7-5-9-15-26(25(31)32,17-13-14-22(27)28)16-10-6-8-12-19-34-24(30)21(3)4/h1,3,5-19H2,2,4H3,(H,27,28)(H,31,32). The van der Waals surface area contributed by atoms with E-state index < -0.39 is 29.3 Å². The molecule has 34 heavy (non-hydrogen) atoms. The summed E-state index contributed by atoms with van der Waals surface area (Å²) in [6, 6.07) is 0. The van der Waals surface area contributed by atoms with Gasteiger partial charge in [-0.25, -0.2) is 9.59 Å². The summed E-state index contributed by atoms with van der Waals surface area (Å²) < 4.78 is 10.1. The molecule has 8 nitrogen and oxygen atoms in total. The maximum Gasteiger partial charge on any atom is 0.333 e. The van der Waals surface area contributed by atoms with Gasteiger partial charge in [-0.05, 0) is 52.4 Å². The largest absolute Gasteiger partial charge is 0.481 e. The van der Waals surface area contributed by atoms with Crippen molar-refractivity contribution in [3.63, 3.8) is 0 Å². The molecule has 0 fully saturated rings. The zero-order valence-corrected chi connectivity index (χ0v) is 20.9. The van der Waals surface area contributed by atoms with Gasteiger partial charge in [0.05, 0.1) is 18.6 Å². The molecule has 0 amide bonds. The molecule has 0 aliphatic heterocycles. The fraction of sp³-hybridized carbons (Fsp3) is 0.692. The molecule has 0 unspecified atom stereocenters. The first-order chi connectivity index (χ1) is 16.0. The third-order valence-electron chi connectivity index (χ3n) is 5.76. The van der Waals surface area contributed by atoms with Gasteiger partial charge < -0.3 is 19.7 Å². The van der Waals surface area contributed by atoms with E-state index in [0.717, 1.165) is 25.7 Å². The van der Waals surface area contributed by atoms with Gasteiger partial charge in [0.15, 0.2) is 0 Å². The Bertz CT molecular complexity index is 655. The highest BCUT2D eigenvalue weighted by Crippen LogP contribution is 2.37. The van der Waals surface area contributed by atoms with Crippen LogP contribution in [-0.2, 0) is 28.7 Å². The Hall–Kier alpha value is -2.64. The number of hydrogen-bond acceptors (Lipinski definition) is 6. The van der Waals surface area contributed by atoms with Crippen molar-refractivity contribution in [2.75, 3.05) is 13.2 Å². The van der Waals surface area contributed by atoms with Crippen LogP contribution < -0.4 is 0 Å². The molecular weight excluding hydrogens is 440 g/mol. The Morgan fingerprint density at radius 2 is 1.03 bits per heavy atom. The Morgan fingerprint density at radius 3 is 1.38 bits per heavy atom. The van der Waals surface area contributed by atoms with E-state index in [1.807, 2.05) is 0 Å². The SMILES string of the molecule is C=C(C)C(=O)OCCCCCCC(CCCCCCOC(=O)C(=C)C)(CCCC(=O)O)C(=O)O. The van der Waals surface area contributed by atoms with Crippen LogP contribution in [0.1, 0.15) is 97.3 Å². The summed E-state index contributed by atoms with van der Waals surface area (Å²) in [5.41, 5.74) is -0.213. The highest BCUT2D eigenvalue weighted by atomic mass is 16.5. The van der Waals surface area contributed by atoms with Crippen molar-refractivity contribution in [2.45, 2.75) is 97.3 Å². The summed E-state index contributed by atoms with van der Waals surface area (Å²) in [7, 11) is 0. The second kappa shape index (κ2) is 17.8. The van der Waals surface area contributed by atoms with Crippen LogP contribution in [0.25, 0.3) is 0 Å². The zero-order chi connectivity index (χ0) is 26.0. The summed E-state index contributed by atoms with van der Waals surface area (Å²) in [6.45, 7) is 10.9. The molecule has 0 saturated heterocycles. The van der Waals surface area contributed by atoms with E-state index in [0.29, 0.717) is 75.7 Å². The van der Waals surface area contributed by atoms with Crippen LogP contribution in [0, 0.1) is 5.41 Å². The molecular formula is C26H42O8. The van der Waals surface area contributed by atoms with Crippen LogP contribution in [0.5, 0.6) is 0 Å². The number of unbranched alkanes of at least 4 members (excludes halogenated alkanes) is 6. The third kappa shape index (κ3) is 14.5. The molecule has 0 bridgehead atoms. The summed E-state index contributed by atoms with van der Waals surface area (Å²) in [6.07, 6.45) is 7.69. The van der Waals surface area contributed by atoms with Crippen molar-refractivity contribution in [1.82, 2.24) is 0 Å². The minimum atomic E-state index is -0.936. The molecule has 0 spiro atoms. The van der Waals surface area contributed by atoms with Crippen LogP contribution in [0.2, 0.25) is 0 Å². The lowest BCUT2D eigenvalue weighted by Crippen LogP contribution is -2.31. The predicted octanol–water partition coefficient (Wildman–Crippen LogP) is 5.45. The van der Waals surface area contributed by atoms with Gasteiger partial charge in [0.2, 0.25) is 0 Å². The van der Waals surface area contributed by atoms with E-state index in [1.54, 1.807) is 13.8 Å². The maximum absolute atomic E-state index is 12.2. The number of rotatable bonds is 21. The number of hydrogen-bond donors (Lipinski definition) is 2. The molecule has 0 aromatic rings. The first-order valence-corrected chi connectivity index (χ1v) is 12.1. The van der Waals surface area contributed by atoms with E-state index in [-0.39, 0.29) is 6.42 Å². The Morgan fingerprint density at radius 1 is 0.647 bits per heavy atom. The van der Waals surface area contributed by atoms with Gasteiger partial charge in [0, 0.05) is 17.6 Å². The molecule has 0 aliphatic carbocycles. The second-order valence-corrected chi connectivity index (χ2v) is 8.99. The van der Waals surface area contributed by atoms with Crippen LogP contribution in [-0.4, -0.2) is 47.3 Å². The minimum Gasteiger partial charge on any atom is -0.481 e. The molecule has 0 radical (unpaired) electrons. The van der Waals surface area contributed by atoms with Crippen molar-refractivity contribution in [3.8, 4) is 0 Å². The minimum absolute atomic E-state index is 0.0444. The van der Waals surface area contributed by atoms with Gasteiger partial charge in [-0.3, -0.25) is 9.59 Å². The van der Waals surface area contributed by atoms with Gasteiger partial charge in [0.25, 0.3) is 0 Å². The lowest BCUT2D eigenvalue weighted by molar-refractivity contribution is -0.151. The highest BCUT2D eigenvalue weighted by Gasteiger charge is 2.36. The quantitative estimate of drug-likeness (QED) is 0.126. The van der Waals surface area contributed by atoms with E-state index in [4.69, 9.17) is 14.6 Å². The second-order valence-electron chi connectivity index (χ2n) is 8.99. The number of carboxylic acids is 2. The normalized spacial score (nSPS) is 11.0. The Kier molecular flexibility index (Phi) is 16.4. The smallest absolute Gasteiger partial charge is 0.333 e. The van der Waals surface area contributed by atoms with Crippen LogP contribution in [0.4, 0.5) is 0 Å². The van der Waals surface area contributed by atoms with Gasteiger partial charge >= 0.3 is 23.9 Å². The fourth-order valence-electron chi connectivity index (χ4n) is 3.69. The van der Waals surface area contributed by atoms with Gasteiger partial charge in [-0.2, -0.15) is 0 Å². The third-order valence-corrected chi connectivity index (χ3v) is 5.76. The lowest BCUT2D eigenvalue weighted by Gasteiger charge is -2.30. The van der Waals surface area contributed by atoms with E-state index in [2.05, 4.69) is 13.2 Å². The van der Waals surface area contributed by atoms with Crippen LogP contribution >= 0.6 is 0 Å². The molecule has 0 heterocycles. The topological polar surface area (TPSA) is 127 Å². The number of ether oxygens (including phenoxy) is 2. The number of carboxylic acid groups (broad SMARTS) is 2. The molecule has 8 heteroatoms. The van der Waals surface area contributed by atoms with Gasteiger partial charge in [0.1, 0.15) is 0 Å². The first kappa shape index (κ1) is 31.4. The zero-order valence-electron chi connectivity index (χ0n) is 20.9. The monoisotopic (exact) mass is 482 g/mol. The number of carbonyl (C=O) groups excluding carboxylic acids is 2. The first-order valence-electron chi connectivity index (χ1n) is 12.1. The number of esters is 2. The van der Waals surface area contributed by atoms with Crippen molar-refractivity contribution in [2.24, 2.45) is 5.41 Å². The van der Waals surface area contributed by atoms with E-state index in [9.17, 15) is 24.3 Å². The molecule has 2 N–H and O–H groups in total. The van der Waals surface area contributed by atoms with Crippen molar-refractivity contribution in [3.05, 3.63) is 24.3 Å². The number of aliphatic carboxylic acids is 2. The van der Waals surface area contributed by atoms with E-state index in [1.165, 1.54) is 0 Å². The summed E-state index contributed by atoms with van der Waals surface area (Å²) >= 11 is 0.